The van der Waals surface area contributed by atoms with Crippen molar-refractivity contribution in [3.63, 3.8) is 0 Å². The molecule has 1 amide bonds. The van der Waals surface area contributed by atoms with Crippen LogP contribution in [0.3, 0.4) is 0 Å². The van der Waals surface area contributed by atoms with Crippen molar-refractivity contribution < 1.29 is 9.32 Å². The Kier molecular flexibility index (Phi) is 4.82. The fourth-order valence-corrected chi connectivity index (χ4v) is 3.13. The molecular weight excluding hydrogens is 346 g/mol. The molecule has 0 bridgehead atoms. The van der Waals surface area contributed by atoms with Gasteiger partial charge < -0.3 is 14.3 Å². The quantitative estimate of drug-likeness (QED) is 0.691. The van der Waals surface area contributed by atoms with Crippen molar-refractivity contribution in [3.05, 3.63) is 48.4 Å². The molecule has 9 nitrogen and oxygen atoms in total. The summed E-state index contributed by atoms with van der Waals surface area (Å²) < 4.78 is 7.00. The number of amides is 1. The normalized spacial score (nSPS) is 15.0. The van der Waals surface area contributed by atoms with Crippen LogP contribution >= 0.6 is 0 Å². The van der Waals surface area contributed by atoms with Crippen molar-refractivity contribution in [2.75, 3.05) is 31.1 Å². The first kappa shape index (κ1) is 17.2. The van der Waals surface area contributed by atoms with Crippen LogP contribution in [0.25, 0.3) is 5.69 Å². The van der Waals surface area contributed by atoms with Gasteiger partial charge in [-0.1, -0.05) is 6.92 Å². The summed E-state index contributed by atoms with van der Waals surface area (Å²) in [6, 6.07) is 7.47. The van der Waals surface area contributed by atoms with Crippen LogP contribution in [0.5, 0.6) is 0 Å². The first-order valence-corrected chi connectivity index (χ1v) is 9.06. The summed E-state index contributed by atoms with van der Waals surface area (Å²) in [6.07, 6.45) is 4.83. The fraction of sp³-hybridized carbons (Fsp3) is 0.389. The maximum Gasteiger partial charge on any atom is 0.266 e. The Balaban J connectivity index is 1.42. The molecule has 140 valence electrons. The Labute approximate surface area is 156 Å². The number of aryl methyl sites for hydroxylation is 1. The molecule has 1 fully saturated rings. The minimum Gasteiger partial charge on any atom is -0.337 e. The smallest absolute Gasteiger partial charge is 0.266 e. The standard InChI is InChI=1S/C18H21N7O2/c1-2-16-21-18(22-27-16)24-9-3-8-23(10-11-24)17(26)14-4-6-15(7-5-14)25-12-19-20-13-25/h4-7,12-13H,2-3,8-11H2,1H3. The lowest BCUT2D eigenvalue weighted by atomic mass is 10.1. The monoisotopic (exact) mass is 367 g/mol. The molecule has 27 heavy (non-hydrogen) atoms. The molecule has 0 atom stereocenters. The highest BCUT2D eigenvalue weighted by Crippen LogP contribution is 2.16. The molecule has 0 spiro atoms. The fourth-order valence-electron chi connectivity index (χ4n) is 3.13. The lowest BCUT2D eigenvalue weighted by Crippen LogP contribution is -2.35. The van der Waals surface area contributed by atoms with Gasteiger partial charge in [0.1, 0.15) is 12.7 Å². The minimum absolute atomic E-state index is 0.0366. The van der Waals surface area contributed by atoms with E-state index < -0.39 is 0 Å². The number of rotatable bonds is 4. The number of hydrogen-bond donors (Lipinski definition) is 0. The van der Waals surface area contributed by atoms with Gasteiger partial charge in [-0.05, 0) is 35.8 Å². The molecule has 9 heteroatoms. The Morgan fingerprint density at radius 3 is 2.56 bits per heavy atom. The van der Waals surface area contributed by atoms with Gasteiger partial charge in [0.2, 0.25) is 5.89 Å². The molecule has 3 aromatic rings. The number of aromatic nitrogens is 5. The molecule has 0 unspecified atom stereocenters. The van der Waals surface area contributed by atoms with Gasteiger partial charge in [0, 0.05) is 43.9 Å². The van der Waals surface area contributed by atoms with Gasteiger partial charge in [0.25, 0.3) is 11.9 Å². The third kappa shape index (κ3) is 3.67. The van der Waals surface area contributed by atoms with Gasteiger partial charge >= 0.3 is 0 Å². The van der Waals surface area contributed by atoms with E-state index in [4.69, 9.17) is 4.52 Å². The van der Waals surface area contributed by atoms with Crippen LogP contribution in [0.2, 0.25) is 0 Å². The number of anilines is 1. The summed E-state index contributed by atoms with van der Waals surface area (Å²) in [5.41, 5.74) is 1.59. The van der Waals surface area contributed by atoms with Crippen molar-refractivity contribution in [1.82, 2.24) is 29.8 Å². The highest BCUT2D eigenvalue weighted by atomic mass is 16.5. The van der Waals surface area contributed by atoms with E-state index >= 15 is 0 Å². The highest BCUT2D eigenvalue weighted by molar-refractivity contribution is 5.94. The zero-order chi connectivity index (χ0) is 18.6. The van der Waals surface area contributed by atoms with Crippen molar-refractivity contribution >= 4 is 11.9 Å². The van der Waals surface area contributed by atoms with Crippen LogP contribution in [0.1, 0.15) is 29.6 Å². The second-order valence-corrected chi connectivity index (χ2v) is 6.39. The van der Waals surface area contributed by atoms with Crippen LogP contribution < -0.4 is 4.90 Å². The maximum absolute atomic E-state index is 12.9. The van der Waals surface area contributed by atoms with E-state index in [1.54, 1.807) is 17.2 Å². The SMILES string of the molecule is CCc1nc(N2CCCN(C(=O)c3ccc(-n4cnnc4)cc3)CC2)no1. The zero-order valence-corrected chi connectivity index (χ0v) is 15.2. The predicted molar refractivity (Wildman–Crippen MR) is 97.8 cm³/mol. The van der Waals surface area contributed by atoms with E-state index in [0.717, 1.165) is 25.1 Å². The summed E-state index contributed by atoms with van der Waals surface area (Å²) in [5, 5.41) is 11.6. The molecule has 1 aliphatic heterocycles. The second-order valence-electron chi connectivity index (χ2n) is 6.39. The number of benzene rings is 1. The molecule has 2 aromatic heterocycles. The van der Waals surface area contributed by atoms with E-state index in [9.17, 15) is 4.79 Å². The molecule has 1 saturated heterocycles. The summed E-state index contributed by atoms with van der Waals surface area (Å²) in [6.45, 7) is 4.81. The van der Waals surface area contributed by atoms with Gasteiger partial charge in [-0.2, -0.15) is 4.98 Å². The summed E-state index contributed by atoms with van der Waals surface area (Å²) in [5.74, 6) is 1.28. The predicted octanol–water partition coefficient (Wildman–Crippen LogP) is 1.57. The van der Waals surface area contributed by atoms with Gasteiger partial charge in [-0.3, -0.25) is 9.36 Å². The van der Waals surface area contributed by atoms with Gasteiger partial charge in [-0.15, -0.1) is 10.2 Å². The van der Waals surface area contributed by atoms with Gasteiger partial charge in [0.15, 0.2) is 0 Å². The first-order valence-electron chi connectivity index (χ1n) is 9.06. The number of nitrogens with zero attached hydrogens (tertiary/aromatic N) is 7. The van der Waals surface area contributed by atoms with Crippen molar-refractivity contribution in [2.45, 2.75) is 19.8 Å². The Morgan fingerprint density at radius 2 is 1.85 bits per heavy atom. The van der Waals surface area contributed by atoms with E-state index in [0.29, 0.717) is 37.0 Å². The third-order valence-electron chi connectivity index (χ3n) is 4.66. The average molecular weight is 367 g/mol. The lowest BCUT2D eigenvalue weighted by molar-refractivity contribution is 0.0767. The van der Waals surface area contributed by atoms with Crippen LogP contribution in [-0.4, -0.2) is 61.9 Å². The molecule has 3 heterocycles. The Morgan fingerprint density at radius 1 is 1.07 bits per heavy atom. The van der Waals surface area contributed by atoms with Gasteiger partial charge in [0.05, 0.1) is 0 Å². The van der Waals surface area contributed by atoms with Crippen molar-refractivity contribution in [2.24, 2.45) is 0 Å². The topological polar surface area (TPSA) is 93.2 Å². The lowest BCUT2D eigenvalue weighted by Gasteiger charge is -2.21. The molecule has 4 rings (SSSR count). The zero-order valence-electron chi connectivity index (χ0n) is 15.2. The van der Waals surface area contributed by atoms with Gasteiger partial charge in [-0.25, -0.2) is 0 Å². The molecule has 0 aliphatic carbocycles. The Hall–Kier alpha value is -3.23. The minimum atomic E-state index is 0.0366. The van der Waals surface area contributed by atoms with Crippen LogP contribution in [0.15, 0.2) is 41.4 Å². The average Bonchev–Trinajstić information content (AvgIpc) is 3.36. The summed E-state index contributed by atoms with van der Waals surface area (Å²) in [7, 11) is 0. The summed E-state index contributed by atoms with van der Waals surface area (Å²) >= 11 is 0. The number of carbonyl (C=O) groups is 1. The van der Waals surface area contributed by atoms with E-state index in [-0.39, 0.29) is 5.91 Å². The maximum atomic E-state index is 12.9. The summed E-state index contributed by atoms with van der Waals surface area (Å²) in [4.78, 5) is 21.2. The van der Waals surface area contributed by atoms with Crippen LogP contribution in [0.4, 0.5) is 5.95 Å². The largest absolute Gasteiger partial charge is 0.337 e. The molecule has 0 radical (unpaired) electrons. The third-order valence-corrected chi connectivity index (χ3v) is 4.66. The van der Waals surface area contributed by atoms with Crippen molar-refractivity contribution in [1.29, 1.82) is 0 Å². The van der Waals surface area contributed by atoms with Crippen LogP contribution in [-0.2, 0) is 6.42 Å². The molecule has 0 saturated carbocycles. The molecular formula is C18H21N7O2. The van der Waals surface area contributed by atoms with E-state index in [1.165, 1.54) is 0 Å². The molecule has 1 aromatic carbocycles. The van der Waals surface area contributed by atoms with Crippen LogP contribution in [0, 0.1) is 0 Å². The van der Waals surface area contributed by atoms with E-state index in [2.05, 4.69) is 25.2 Å². The number of carbonyl (C=O) groups excluding carboxylic acids is 1. The highest BCUT2D eigenvalue weighted by Gasteiger charge is 2.22. The molecule has 1 aliphatic rings. The first-order chi connectivity index (χ1) is 13.2. The molecule has 0 N–H and O–H groups in total. The number of hydrogen-bond acceptors (Lipinski definition) is 7. The van der Waals surface area contributed by atoms with Crippen molar-refractivity contribution in [3.8, 4) is 5.69 Å². The van der Waals surface area contributed by atoms with E-state index in [1.807, 2.05) is 36.1 Å². The second kappa shape index (κ2) is 7.56. The Bertz CT molecular complexity index is 889.